The second kappa shape index (κ2) is 12.0. The molecule has 6 rings (SSSR count). The molecule has 0 atom stereocenters. The fraction of sp³-hybridized carbons (Fsp3) is 0.235. The molecule has 1 fully saturated rings. The summed E-state index contributed by atoms with van der Waals surface area (Å²) in [5.41, 5.74) is 6.49. The van der Waals surface area contributed by atoms with Crippen LogP contribution in [0, 0.1) is 17.1 Å². The summed E-state index contributed by atoms with van der Waals surface area (Å²) in [7, 11) is 1.64. The van der Waals surface area contributed by atoms with E-state index in [2.05, 4.69) is 21.7 Å². The molecule has 8 nitrogen and oxygen atoms in total. The van der Waals surface area contributed by atoms with Crippen LogP contribution < -0.4 is 4.74 Å². The van der Waals surface area contributed by atoms with Crippen molar-refractivity contribution in [2.45, 2.75) is 38.3 Å². The molecule has 9 heteroatoms. The normalized spacial score (nSPS) is 12.8. The van der Waals surface area contributed by atoms with E-state index in [9.17, 15) is 14.3 Å². The van der Waals surface area contributed by atoms with Crippen LogP contribution in [0.3, 0.4) is 0 Å². The van der Waals surface area contributed by atoms with E-state index in [1.54, 1.807) is 43.5 Å². The first-order valence-corrected chi connectivity index (χ1v) is 14.1. The number of nitrogens with zero attached hydrogens (tertiary/aromatic N) is 4. The molecule has 0 saturated heterocycles. The molecule has 1 N–H and O–H groups in total. The maximum Gasteiger partial charge on any atom is 0.335 e. The van der Waals surface area contributed by atoms with Crippen molar-refractivity contribution in [3.63, 3.8) is 0 Å². The lowest BCUT2D eigenvalue weighted by Crippen LogP contribution is -2.10. The number of methoxy groups -OCH3 is 1. The number of fused-ring (bicyclic) bond motifs is 1. The molecule has 3 aromatic carbocycles. The number of carboxylic acid groups (broad SMARTS) is 1. The van der Waals surface area contributed by atoms with Gasteiger partial charge in [-0.1, -0.05) is 24.3 Å². The number of benzene rings is 3. The molecular weight excluding hydrogens is 547 g/mol. The van der Waals surface area contributed by atoms with Gasteiger partial charge in [0.15, 0.2) is 0 Å². The van der Waals surface area contributed by atoms with Crippen LogP contribution >= 0.6 is 0 Å². The minimum Gasteiger partial charge on any atom is -0.478 e. The molecular formula is C34H29FN4O4. The van der Waals surface area contributed by atoms with E-state index >= 15 is 0 Å². The lowest BCUT2D eigenvalue weighted by molar-refractivity contribution is 0.0697. The summed E-state index contributed by atoms with van der Waals surface area (Å²) in [6.07, 6.45) is 2.83. The predicted molar refractivity (Wildman–Crippen MR) is 158 cm³/mol. The number of pyridine rings is 1. The molecule has 2 heterocycles. The lowest BCUT2D eigenvalue weighted by Gasteiger charge is -2.14. The van der Waals surface area contributed by atoms with Gasteiger partial charge in [-0.15, -0.1) is 0 Å². The minimum absolute atomic E-state index is 0.00170. The fourth-order valence-corrected chi connectivity index (χ4v) is 5.27. The standard InChI is InChI=1S/C34H29FN4O4/c1-42-14-13-39-31-17-25(34(40)41)11-12-30(31)37-32(39)18-23-9-10-24(16-27(23)22-7-8-22)29-3-2-4-33(38-29)43-20-26-6-5-21(19-36)15-28(26)35/h2-6,9-12,15-17,22H,7-8,13-14,18,20H2,1H3,(H,40,41). The van der Waals surface area contributed by atoms with E-state index in [4.69, 9.17) is 19.7 Å². The number of rotatable bonds is 11. The highest BCUT2D eigenvalue weighted by Crippen LogP contribution is 2.43. The molecule has 5 aromatic rings. The summed E-state index contributed by atoms with van der Waals surface area (Å²) in [5.74, 6) is 0.236. The van der Waals surface area contributed by atoms with Gasteiger partial charge in [0.05, 0.1) is 40.5 Å². The van der Waals surface area contributed by atoms with Crippen molar-refractivity contribution in [3.8, 4) is 23.2 Å². The highest BCUT2D eigenvalue weighted by molar-refractivity contribution is 5.92. The number of aromatic carboxylic acids is 1. The average Bonchev–Trinajstić information content (AvgIpc) is 3.81. The van der Waals surface area contributed by atoms with Gasteiger partial charge in [0.1, 0.15) is 18.2 Å². The quantitative estimate of drug-likeness (QED) is 0.191. The molecule has 1 aliphatic rings. The first-order valence-electron chi connectivity index (χ1n) is 14.1. The third-order valence-corrected chi connectivity index (χ3v) is 7.68. The van der Waals surface area contributed by atoms with Crippen molar-refractivity contribution < 1.29 is 23.8 Å². The summed E-state index contributed by atoms with van der Waals surface area (Å²) in [6.45, 7) is 1.04. The summed E-state index contributed by atoms with van der Waals surface area (Å²) in [5, 5.41) is 18.5. The van der Waals surface area contributed by atoms with E-state index in [0.29, 0.717) is 36.9 Å². The van der Waals surface area contributed by atoms with Crippen LogP contribution in [0.2, 0.25) is 0 Å². The first-order chi connectivity index (χ1) is 20.9. The topological polar surface area (TPSA) is 110 Å². The van der Waals surface area contributed by atoms with Gasteiger partial charge < -0.3 is 19.1 Å². The Hall–Kier alpha value is -5.07. The molecule has 1 aliphatic carbocycles. The molecule has 1 saturated carbocycles. The van der Waals surface area contributed by atoms with E-state index < -0.39 is 11.8 Å². The first kappa shape index (κ1) is 28.1. The van der Waals surface area contributed by atoms with E-state index in [0.717, 1.165) is 41.0 Å². The monoisotopic (exact) mass is 576 g/mol. The van der Waals surface area contributed by atoms with Crippen molar-refractivity contribution >= 4 is 17.0 Å². The molecule has 0 aliphatic heterocycles. The number of carboxylic acids is 1. The number of aromatic nitrogens is 3. The summed E-state index contributed by atoms with van der Waals surface area (Å²) in [4.78, 5) is 21.2. The van der Waals surface area contributed by atoms with E-state index in [1.165, 1.54) is 17.2 Å². The van der Waals surface area contributed by atoms with Gasteiger partial charge in [-0.3, -0.25) is 0 Å². The van der Waals surface area contributed by atoms with Crippen molar-refractivity contribution in [2.24, 2.45) is 0 Å². The Morgan fingerprint density at radius 3 is 2.65 bits per heavy atom. The molecule has 0 amide bonds. The second-order valence-corrected chi connectivity index (χ2v) is 10.6. The van der Waals surface area contributed by atoms with Gasteiger partial charge in [-0.05, 0) is 72.4 Å². The third kappa shape index (κ3) is 6.10. The van der Waals surface area contributed by atoms with Gasteiger partial charge in [0, 0.05) is 37.3 Å². The number of imidazole rings is 1. The van der Waals surface area contributed by atoms with Gasteiger partial charge >= 0.3 is 5.97 Å². The largest absolute Gasteiger partial charge is 0.478 e. The van der Waals surface area contributed by atoms with Gasteiger partial charge in [-0.25, -0.2) is 19.2 Å². The number of hydrogen-bond acceptors (Lipinski definition) is 6. The summed E-state index contributed by atoms with van der Waals surface area (Å²) < 4.78 is 27.5. The zero-order valence-corrected chi connectivity index (χ0v) is 23.6. The molecule has 43 heavy (non-hydrogen) atoms. The molecule has 0 spiro atoms. The van der Waals surface area contributed by atoms with Crippen LogP contribution in [0.25, 0.3) is 22.3 Å². The van der Waals surface area contributed by atoms with E-state index in [1.807, 2.05) is 24.3 Å². The number of carbonyl (C=O) groups is 1. The fourth-order valence-electron chi connectivity index (χ4n) is 5.27. The van der Waals surface area contributed by atoms with Crippen LogP contribution in [0.1, 0.15) is 57.2 Å². The maximum absolute atomic E-state index is 14.3. The molecule has 0 bridgehead atoms. The Balaban J connectivity index is 1.27. The third-order valence-electron chi connectivity index (χ3n) is 7.68. The zero-order valence-electron chi connectivity index (χ0n) is 23.6. The van der Waals surface area contributed by atoms with Crippen molar-refractivity contribution in [1.82, 2.24) is 14.5 Å². The van der Waals surface area contributed by atoms with Crippen LogP contribution in [-0.4, -0.2) is 39.3 Å². The van der Waals surface area contributed by atoms with E-state index in [-0.39, 0.29) is 17.7 Å². The smallest absolute Gasteiger partial charge is 0.335 e. The number of ether oxygens (including phenoxy) is 2. The Labute approximate surface area is 248 Å². The molecule has 0 radical (unpaired) electrons. The summed E-state index contributed by atoms with van der Waals surface area (Å²) >= 11 is 0. The number of nitriles is 1. The van der Waals surface area contributed by atoms with Crippen molar-refractivity contribution in [1.29, 1.82) is 5.26 Å². The second-order valence-electron chi connectivity index (χ2n) is 10.6. The Kier molecular flexibility index (Phi) is 7.86. The predicted octanol–water partition coefficient (Wildman–Crippen LogP) is 6.50. The SMILES string of the molecule is COCCn1c(Cc2ccc(-c3cccc(OCc4ccc(C#N)cc4F)n3)cc2C2CC2)nc2ccc(C(=O)O)cc21. The molecule has 216 valence electrons. The van der Waals surface area contributed by atoms with Gasteiger partial charge in [-0.2, -0.15) is 5.26 Å². The highest BCUT2D eigenvalue weighted by Gasteiger charge is 2.27. The maximum atomic E-state index is 14.3. The van der Waals surface area contributed by atoms with Gasteiger partial charge in [0.25, 0.3) is 0 Å². The Morgan fingerprint density at radius 1 is 1.07 bits per heavy atom. The summed E-state index contributed by atoms with van der Waals surface area (Å²) in [6, 6.07) is 23.1. The molecule has 0 unspecified atom stereocenters. The van der Waals surface area contributed by atoms with Crippen LogP contribution in [0.15, 0.2) is 72.8 Å². The highest BCUT2D eigenvalue weighted by atomic mass is 19.1. The zero-order chi connectivity index (χ0) is 29.9. The number of hydrogen-bond donors (Lipinski definition) is 1. The molecule has 2 aromatic heterocycles. The number of halogens is 1. The minimum atomic E-state index is -0.973. The van der Waals surface area contributed by atoms with Crippen LogP contribution in [0.5, 0.6) is 5.88 Å². The van der Waals surface area contributed by atoms with Crippen LogP contribution in [-0.2, 0) is 24.3 Å². The average molecular weight is 577 g/mol. The van der Waals surface area contributed by atoms with Crippen LogP contribution in [0.4, 0.5) is 4.39 Å². The Morgan fingerprint density at radius 2 is 1.91 bits per heavy atom. The Bertz CT molecular complexity index is 1870. The van der Waals surface area contributed by atoms with Crippen molar-refractivity contribution in [3.05, 3.63) is 112 Å². The van der Waals surface area contributed by atoms with Crippen molar-refractivity contribution in [2.75, 3.05) is 13.7 Å². The lowest BCUT2D eigenvalue weighted by atomic mass is 9.96. The van der Waals surface area contributed by atoms with Gasteiger partial charge in [0.2, 0.25) is 5.88 Å².